The first-order valence-corrected chi connectivity index (χ1v) is 8.30. The van der Waals surface area contributed by atoms with Gasteiger partial charge in [-0.25, -0.2) is 0 Å². The van der Waals surface area contributed by atoms with Crippen LogP contribution in [0.1, 0.15) is 43.4 Å². The summed E-state index contributed by atoms with van der Waals surface area (Å²) in [5.41, 5.74) is 1.40. The average Bonchev–Trinajstić information content (AvgIpc) is 2.71. The average molecular weight is 277 g/mol. The molecular weight excluding hydrogens is 254 g/mol. The number of carbonyl (C=O) groups excluding carboxylic acids is 1. The summed E-state index contributed by atoms with van der Waals surface area (Å²) in [5.74, 6) is 1.40. The monoisotopic (exact) mass is 277 g/mol. The molecular formula is C16H23NOS. The van der Waals surface area contributed by atoms with E-state index in [4.69, 9.17) is 0 Å². The lowest BCUT2D eigenvalue weighted by molar-refractivity contribution is -0.131. The second kappa shape index (κ2) is 7.59. The lowest BCUT2D eigenvalue weighted by Crippen LogP contribution is -2.32. The molecule has 1 unspecified atom stereocenters. The molecule has 1 aromatic carbocycles. The third kappa shape index (κ3) is 4.27. The molecule has 1 heterocycles. The van der Waals surface area contributed by atoms with Crippen LogP contribution in [-0.2, 0) is 4.79 Å². The molecule has 1 fully saturated rings. The number of nitrogens with zero attached hydrogens (tertiary/aromatic N) is 1. The summed E-state index contributed by atoms with van der Waals surface area (Å²) in [6.45, 7) is 3.96. The Morgan fingerprint density at radius 2 is 2.11 bits per heavy atom. The van der Waals surface area contributed by atoms with Crippen LogP contribution in [0.3, 0.4) is 0 Å². The van der Waals surface area contributed by atoms with E-state index in [9.17, 15) is 4.79 Å². The van der Waals surface area contributed by atoms with Crippen molar-refractivity contribution >= 4 is 17.7 Å². The zero-order valence-electron chi connectivity index (χ0n) is 11.7. The topological polar surface area (TPSA) is 20.3 Å². The van der Waals surface area contributed by atoms with Crippen molar-refractivity contribution in [3.63, 3.8) is 0 Å². The first-order chi connectivity index (χ1) is 9.31. The molecule has 1 aliphatic rings. The zero-order chi connectivity index (χ0) is 13.5. The van der Waals surface area contributed by atoms with Crippen molar-refractivity contribution in [2.75, 3.05) is 18.8 Å². The van der Waals surface area contributed by atoms with Crippen LogP contribution in [0.15, 0.2) is 30.3 Å². The van der Waals surface area contributed by atoms with Gasteiger partial charge in [-0.2, -0.15) is 11.8 Å². The Hall–Kier alpha value is -0.960. The summed E-state index contributed by atoms with van der Waals surface area (Å²) in [4.78, 5) is 14.1. The van der Waals surface area contributed by atoms with Gasteiger partial charge in [-0.05, 0) is 18.4 Å². The molecule has 0 N–H and O–H groups in total. The maximum absolute atomic E-state index is 12.1. The van der Waals surface area contributed by atoms with Gasteiger partial charge in [0.25, 0.3) is 0 Å². The van der Waals surface area contributed by atoms with Crippen LogP contribution in [0.2, 0.25) is 0 Å². The highest BCUT2D eigenvalue weighted by atomic mass is 32.2. The van der Waals surface area contributed by atoms with Gasteiger partial charge in [0.1, 0.15) is 0 Å². The standard InChI is InChI=1S/C16H23NOS/c1-2-3-9-16(18)17-11-10-15(19-13-12-17)14-7-5-4-6-8-14/h4-8,15H,2-3,9-13H2,1H3. The van der Waals surface area contributed by atoms with Gasteiger partial charge in [0, 0.05) is 30.5 Å². The molecule has 1 saturated heterocycles. The molecule has 0 radical (unpaired) electrons. The molecule has 0 bridgehead atoms. The van der Waals surface area contributed by atoms with Crippen molar-refractivity contribution in [1.82, 2.24) is 4.90 Å². The number of unbranched alkanes of at least 4 members (excludes halogenated alkanes) is 1. The van der Waals surface area contributed by atoms with E-state index in [2.05, 4.69) is 42.2 Å². The third-order valence-electron chi connectivity index (χ3n) is 3.61. The minimum absolute atomic E-state index is 0.344. The fourth-order valence-corrected chi connectivity index (χ4v) is 3.67. The van der Waals surface area contributed by atoms with Crippen LogP contribution in [0.4, 0.5) is 0 Å². The first-order valence-electron chi connectivity index (χ1n) is 7.25. The molecule has 0 aromatic heterocycles. The Balaban J connectivity index is 1.89. The molecule has 2 rings (SSSR count). The lowest BCUT2D eigenvalue weighted by Gasteiger charge is -2.20. The first kappa shape index (κ1) is 14.4. The molecule has 2 nitrogen and oxygen atoms in total. The van der Waals surface area contributed by atoms with E-state index < -0.39 is 0 Å². The minimum atomic E-state index is 0.344. The molecule has 104 valence electrons. The van der Waals surface area contributed by atoms with Gasteiger partial charge in [0.05, 0.1) is 0 Å². The Labute approximate surface area is 120 Å². The Kier molecular flexibility index (Phi) is 5.77. The van der Waals surface area contributed by atoms with Crippen molar-refractivity contribution in [2.45, 2.75) is 37.9 Å². The predicted octanol–water partition coefficient (Wildman–Crippen LogP) is 3.88. The van der Waals surface area contributed by atoms with Crippen molar-refractivity contribution in [3.8, 4) is 0 Å². The molecule has 0 aliphatic carbocycles. The van der Waals surface area contributed by atoms with E-state index in [1.165, 1.54) is 5.56 Å². The Morgan fingerprint density at radius 1 is 1.32 bits per heavy atom. The van der Waals surface area contributed by atoms with Gasteiger partial charge < -0.3 is 4.90 Å². The molecule has 1 aliphatic heterocycles. The van der Waals surface area contributed by atoms with Gasteiger partial charge in [-0.1, -0.05) is 43.7 Å². The molecule has 3 heteroatoms. The summed E-state index contributed by atoms with van der Waals surface area (Å²) < 4.78 is 0. The maximum Gasteiger partial charge on any atom is 0.222 e. The fourth-order valence-electron chi connectivity index (χ4n) is 2.44. The number of rotatable bonds is 4. The van der Waals surface area contributed by atoms with Crippen molar-refractivity contribution < 1.29 is 4.79 Å². The van der Waals surface area contributed by atoms with Gasteiger partial charge in [0.15, 0.2) is 0 Å². The summed E-state index contributed by atoms with van der Waals surface area (Å²) in [6.07, 6.45) is 3.91. The van der Waals surface area contributed by atoms with E-state index >= 15 is 0 Å². The molecule has 1 amide bonds. The van der Waals surface area contributed by atoms with E-state index in [0.29, 0.717) is 11.2 Å². The number of carbonyl (C=O) groups is 1. The quantitative estimate of drug-likeness (QED) is 0.832. The molecule has 1 aromatic rings. The second-order valence-corrected chi connectivity index (χ2v) is 6.35. The predicted molar refractivity (Wildman–Crippen MR) is 82.4 cm³/mol. The van der Waals surface area contributed by atoms with Crippen LogP contribution >= 0.6 is 11.8 Å². The van der Waals surface area contributed by atoms with Gasteiger partial charge in [-0.3, -0.25) is 4.79 Å². The van der Waals surface area contributed by atoms with Crippen LogP contribution < -0.4 is 0 Å². The highest BCUT2D eigenvalue weighted by molar-refractivity contribution is 7.99. The molecule has 1 atom stereocenters. The maximum atomic E-state index is 12.1. The second-order valence-electron chi connectivity index (χ2n) is 5.04. The lowest BCUT2D eigenvalue weighted by atomic mass is 10.1. The summed E-state index contributed by atoms with van der Waals surface area (Å²) in [5, 5.41) is 0.546. The van der Waals surface area contributed by atoms with Crippen molar-refractivity contribution in [3.05, 3.63) is 35.9 Å². The van der Waals surface area contributed by atoms with Crippen LogP contribution in [-0.4, -0.2) is 29.6 Å². The number of amides is 1. The fraction of sp³-hybridized carbons (Fsp3) is 0.562. The Bertz CT molecular complexity index is 393. The van der Waals surface area contributed by atoms with Crippen molar-refractivity contribution in [1.29, 1.82) is 0 Å². The van der Waals surface area contributed by atoms with Crippen LogP contribution in [0, 0.1) is 0 Å². The normalized spacial score (nSPS) is 20.1. The third-order valence-corrected chi connectivity index (χ3v) is 4.94. The summed E-state index contributed by atoms with van der Waals surface area (Å²) in [6, 6.07) is 10.7. The highest BCUT2D eigenvalue weighted by Crippen LogP contribution is 2.34. The highest BCUT2D eigenvalue weighted by Gasteiger charge is 2.21. The SMILES string of the molecule is CCCCC(=O)N1CCSC(c2ccccc2)CC1. The van der Waals surface area contributed by atoms with E-state index in [1.807, 2.05) is 11.8 Å². The number of thioether (sulfide) groups is 1. The number of hydrogen-bond acceptors (Lipinski definition) is 2. The van der Waals surface area contributed by atoms with Crippen molar-refractivity contribution in [2.24, 2.45) is 0 Å². The molecule has 19 heavy (non-hydrogen) atoms. The molecule has 0 spiro atoms. The van der Waals surface area contributed by atoms with Gasteiger partial charge in [-0.15, -0.1) is 0 Å². The minimum Gasteiger partial charge on any atom is -0.342 e. The van der Waals surface area contributed by atoms with Crippen LogP contribution in [0.25, 0.3) is 0 Å². The Morgan fingerprint density at radius 3 is 2.84 bits per heavy atom. The van der Waals surface area contributed by atoms with Gasteiger partial charge in [0.2, 0.25) is 5.91 Å². The van der Waals surface area contributed by atoms with E-state index in [-0.39, 0.29) is 0 Å². The zero-order valence-corrected chi connectivity index (χ0v) is 12.5. The summed E-state index contributed by atoms with van der Waals surface area (Å²) in [7, 11) is 0. The van der Waals surface area contributed by atoms with Crippen LogP contribution in [0.5, 0.6) is 0 Å². The number of benzene rings is 1. The smallest absolute Gasteiger partial charge is 0.222 e. The van der Waals surface area contributed by atoms with Gasteiger partial charge >= 0.3 is 0 Å². The summed E-state index contributed by atoms with van der Waals surface area (Å²) >= 11 is 1.99. The largest absolute Gasteiger partial charge is 0.342 e. The number of hydrogen-bond donors (Lipinski definition) is 0. The van der Waals surface area contributed by atoms with E-state index in [1.54, 1.807) is 0 Å². The molecule has 0 saturated carbocycles. The van der Waals surface area contributed by atoms with E-state index in [0.717, 1.165) is 44.5 Å².